The first kappa shape index (κ1) is 16.1. The van der Waals surface area contributed by atoms with E-state index in [4.69, 9.17) is 15.2 Å². The maximum atomic E-state index is 9.78. The van der Waals surface area contributed by atoms with Crippen LogP contribution in [0, 0.1) is 0 Å². The van der Waals surface area contributed by atoms with Crippen molar-refractivity contribution in [1.29, 1.82) is 0 Å². The molecule has 4 nitrogen and oxygen atoms in total. The molecule has 2 aromatic rings. The van der Waals surface area contributed by atoms with Gasteiger partial charge in [0.05, 0.1) is 18.8 Å². The Balaban J connectivity index is 1.57. The standard InChI is InChI=1S/C19H23NO3/c1-13-19(21)17(20)11-18(23-13)22-12-14-7-9-16(10-8-14)15-5-3-2-4-6-15/h2-10,13,17-19,21H,11-12,20H2,1H3/t13-,17+,18+,19+/m0/s1. The lowest BCUT2D eigenvalue weighted by Crippen LogP contribution is -2.51. The Bertz CT molecular complexity index is 602. The zero-order valence-corrected chi connectivity index (χ0v) is 13.3. The van der Waals surface area contributed by atoms with Gasteiger partial charge in [-0.25, -0.2) is 0 Å². The summed E-state index contributed by atoms with van der Waals surface area (Å²) in [5.74, 6) is 0. The first-order valence-corrected chi connectivity index (χ1v) is 7.98. The molecule has 2 aromatic carbocycles. The van der Waals surface area contributed by atoms with E-state index < -0.39 is 6.10 Å². The molecule has 4 atom stereocenters. The van der Waals surface area contributed by atoms with E-state index >= 15 is 0 Å². The van der Waals surface area contributed by atoms with Crippen LogP contribution in [-0.2, 0) is 16.1 Å². The smallest absolute Gasteiger partial charge is 0.160 e. The van der Waals surface area contributed by atoms with Gasteiger partial charge in [-0.15, -0.1) is 0 Å². The summed E-state index contributed by atoms with van der Waals surface area (Å²) < 4.78 is 11.4. The highest BCUT2D eigenvalue weighted by molar-refractivity contribution is 5.63. The second kappa shape index (κ2) is 7.23. The third kappa shape index (κ3) is 3.98. The Kier molecular flexibility index (Phi) is 5.08. The first-order chi connectivity index (χ1) is 11.1. The zero-order chi connectivity index (χ0) is 16.2. The quantitative estimate of drug-likeness (QED) is 0.911. The van der Waals surface area contributed by atoms with Gasteiger partial charge >= 0.3 is 0 Å². The monoisotopic (exact) mass is 313 g/mol. The van der Waals surface area contributed by atoms with Crippen LogP contribution >= 0.6 is 0 Å². The number of hydrogen-bond donors (Lipinski definition) is 2. The number of ether oxygens (including phenoxy) is 2. The molecule has 122 valence electrons. The predicted molar refractivity (Wildman–Crippen MR) is 89.6 cm³/mol. The molecule has 1 aliphatic heterocycles. The van der Waals surface area contributed by atoms with Crippen molar-refractivity contribution >= 4 is 0 Å². The topological polar surface area (TPSA) is 64.7 Å². The van der Waals surface area contributed by atoms with Crippen molar-refractivity contribution in [3.05, 3.63) is 60.2 Å². The van der Waals surface area contributed by atoms with Crippen LogP contribution in [0.2, 0.25) is 0 Å². The van der Waals surface area contributed by atoms with Crippen LogP contribution in [0.4, 0.5) is 0 Å². The molecule has 1 fully saturated rings. The van der Waals surface area contributed by atoms with Crippen LogP contribution in [0.5, 0.6) is 0 Å². The summed E-state index contributed by atoms with van der Waals surface area (Å²) in [5.41, 5.74) is 9.37. The van der Waals surface area contributed by atoms with Gasteiger partial charge in [0.1, 0.15) is 0 Å². The largest absolute Gasteiger partial charge is 0.389 e. The van der Waals surface area contributed by atoms with Crippen molar-refractivity contribution in [1.82, 2.24) is 0 Å². The van der Waals surface area contributed by atoms with E-state index in [2.05, 4.69) is 36.4 Å². The molecule has 0 unspecified atom stereocenters. The van der Waals surface area contributed by atoms with Gasteiger partial charge in [-0.2, -0.15) is 0 Å². The fraction of sp³-hybridized carbons (Fsp3) is 0.368. The average molecular weight is 313 g/mol. The van der Waals surface area contributed by atoms with Gasteiger partial charge in [-0.1, -0.05) is 54.6 Å². The van der Waals surface area contributed by atoms with Crippen LogP contribution in [0.3, 0.4) is 0 Å². The normalized spacial score (nSPS) is 27.8. The molecule has 23 heavy (non-hydrogen) atoms. The first-order valence-electron chi connectivity index (χ1n) is 7.98. The fourth-order valence-corrected chi connectivity index (χ4v) is 2.81. The summed E-state index contributed by atoms with van der Waals surface area (Å²) in [7, 11) is 0. The molecule has 0 spiro atoms. The Labute approximate surface area is 136 Å². The molecule has 1 aliphatic rings. The van der Waals surface area contributed by atoms with Crippen LogP contribution in [0.1, 0.15) is 18.9 Å². The van der Waals surface area contributed by atoms with Crippen LogP contribution in [0.15, 0.2) is 54.6 Å². The van der Waals surface area contributed by atoms with Crippen LogP contribution in [-0.4, -0.2) is 29.6 Å². The molecule has 4 heteroatoms. The van der Waals surface area contributed by atoms with E-state index in [0.717, 1.165) is 5.56 Å². The van der Waals surface area contributed by atoms with Gasteiger partial charge in [0.2, 0.25) is 0 Å². The van der Waals surface area contributed by atoms with Gasteiger partial charge in [-0.05, 0) is 23.6 Å². The molecule has 0 aliphatic carbocycles. The third-order valence-corrected chi connectivity index (χ3v) is 4.25. The summed E-state index contributed by atoms with van der Waals surface area (Å²) in [6.07, 6.45) is -0.783. The van der Waals surface area contributed by atoms with Crippen LogP contribution in [0.25, 0.3) is 11.1 Å². The lowest BCUT2D eigenvalue weighted by atomic mass is 10.0. The van der Waals surface area contributed by atoms with Crippen molar-refractivity contribution in [2.24, 2.45) is 5.73 Å². The lowest BCUT2D eigenvalue weighted by molar-refractivity contribution is -0.226. The molecular formula is C19H23NO3. The summed E-state index contributed by atoms with van der Waals surface area (Å²) in [6, 6.07) is 18.3. The van der Waals surface area contributed by atoms with Crippen molar-refractivity contribution < 1.29 is 14.6 Å². The Morgan fingerprint density at radius 3 is 2.39 bits per heavy atom. The van der Waals surface area contributed by atoms with Crippen molar-refractivity contribution in [2.75, 3.05) is 0 Å². The van der Waals surface area contributed by atoms with Crippen molar-refractivity contribution in [3.8, 4) is 11.1 Å². The summed E-state index contributed by atoms with van der Waals surface area (Å²) in [4.78, 5) is 0. The third-order valence-electron chi connectivity index (χ3n) is 4.25. The molecule has 3 rings (SSSR count). The van der Waals surface area contributed by atoms with Gasteiger partial charge in [0, 0.05) is 12.5 Å². The number of nitrogens with two attached hydrogens (primary N) is 1. The summed E-state index contributed by atoms with van der Waals surface area (Å²) in [5, 5.41) is 9.78. The number of rotatable bonds is 4. The van der Waals surface area contributed by atoms with Gasteiger partial charge in [0.15, 0.2) is 6.29 Å². The highest BCUT2D eigenvalue weighted by Crippen LogP contribution is 2.22. The number of benzene rings is 2. The molecular weight excluding hydrogens is 290 g/mol. The number of aliphatic hydroxyl groups excluding tert-OH is 1. The minimum Gasteiger partial charge on any atom is -0.389 e. The predicted octanol–water partition coefficient (Wildman–Crippen LogP) is 2.69. The second-order valence-corrected chi connectivity index (χ2v) is 6.03. The molecule has 0 amide bonds. The second-order valence-electron chi connectivity index (χ2n) is 6.03. The lowest BCUT2D eigenvalue weighted by Gasteiger charge is -2.35. The zero-order valence-electron chi connectivity index (χ0n) is 13.3. The SMILES string of the molecule is C[C@@H]1O[C@@H](OCc2ccc(-c3ccccc3)cc2)C[C@@H](N)[C@@H]1O. The molecule has 1 heterocycles. The molecule has 0 aromatic heterocycles. The fourth-order valence-electron chi connectivity index (χ4n) is 2.81. The van der Waals surface area contributed by atoms with E-state index in [9.17, 15) is 5.11 Å². The van der Waals surface area contributed by atoms with Gasteiger partial charge in [-0.3, -0.25) is 0 Å². The van der Waals surface area contributed by atoms with E-state index in [0.29, 0.717) is 13.0 Å². The van der Waals surface area contributed by atoms with E-state index in [-0.39, 0.29) is 18.4 Å². The molecule has 3 N–H and O–H groups in total. The maximum absolute atomic E-state index is 9.78. The Hall–Kier alpha value is -1.72. The summed E-state index contributed by atoms with van der Waals surface area (Å²) in [6.45, 7) is 2.28. The van der Waals surface area contributed by atoms with Crippen molar-refractivity contribution in [2.45, 2.75) is 44.5 Å². The van der Waals surface area contributed by atoms with E-state index in [1.807, 2.05) is 25.1 Å². The van der Waals surface area contributed by atoms with Gasteiger partial charge < -0.3 is 20.3 Å². The molecule has 1 saturated heterocycles. The Morgan fingerprint density at radius 1 is 1.09 bits per heavy atom. The minimum absolute atomic E-state index is 0.302. The van der Waals surface area contributed by atoms with Crippen LogP contribution < -0.4 is 5.73 Å². The number of aliphatic hydroxyl groups is 1. The molecule has 0 bridgehead atoms. The minimum atomic E-state index is -0.625. The molecule has 0 saturated carbocycles. The Morgan fingerprint density at radius 2 is 1.74 bits per heavy atom. The summed E-state index contributed by atoms with van der Waals surface area (Å²) >= 11 is 0. The van der Waals surface area contributed by atoms with E-state index in [1.165, 1.54) is 11.1 Å². The highest BCUT2D eigenvalue weighted by atomic mass is 16.7. The highest BCUT2D eigenvalue weighted by Gasteiger charge is 2.33. The number of hydrogen-bond acceptors (Lipinski definition) is 4. The molecule has 0 radical (unpaired) electrons. The average Bonchev–Trinajstić information content (AvgIpc) is 2.59. The van der Waals surface area contributed by atoms with E-state index in [1.54, 1.807) is 0 Å². The maximum Gasteiger partial charge on any atom is 0.160 e. The van der Waals surface area contributed by atoms with Gasteiger partial charge in [0.25, 0.3) is 0 Å². The van der Waals surface area contributed by atoms with Crippen molar-refractivity contribution in [3.63, 3.8) is 0 Å².